The maximum absolute atomic E-state index is 12.9. The standard InChI is InChI=1S/C11H17F3O3/c1-9(2,8(15)16)7-5-3-4-6-10(7,17)11(12,13)14/h7,17H,3-6H2,1-2H3,(H,15,16). The van der Waals surface area contributed by atoms with Gasteiger partial charge in [0.15, 0.2) is 5.60 Å². The minimum atomic E-state index is -4.79. The quantitative estimate of drug-likeness (QED) is 0.796. The highest BCUT2D eigenvalue weighted by Gasteiger charge is 2.63. The SMILES string of the molecule is CC(C)(C(=O)O)C1CCCCC1(O)C(F)(F)F. The maximum Gasteiger partial charge on any atom is 0.417 e. The molecule has 0 radical (unpaired) electrons. The first-order valence-corrected chi connectivity index (χ1v) is 5.56. The van der Waals surface area contributed by atoms with Crippen LogP contribution in [0.4, 0.5) is 13.2 Å². The number of rotatable bonds is 2. The van der Waals surface area contributed by atoms with Gasteiger partial charge in [0.2, 0.25) is 0 Å². The van der Waals surface area contributed by atoms with E-state index in [9.17, 15) is 23.1 Å². The summed E-state index contributed by atoms with van der Waals surface area (Å²) in [5.41, 5.74) is -4.47. The number of aliphatic carboxylic acids is 1. The van der Waals surface area contributed by atoms with Gasteiger partial charge < -0.3 is 10.2 Å². The maximum atomic E-state index is 12.9. The fraction of sp³-hybridized carbons (Fsp3) is 0.909. The van der Waals surface area contributed by atoms with Crippen molar-refractivity contribution in [1.29, 1.82) is 0 Å². The summed E-state index contributed by atoms with van der Waals surface area (Å²) in [5.74, 6) is -2.62. The van der Waals surface area contributed by atoms with Crippen LogP contribution in [0.15, 0.2) is 0 Å². The molecule has 1 rings (SSSR count). The average Bonchev–Trinajstić information content (AvgIpc) is 2.16. The zero-order valence-corrected chi connectivity index (χ0v) is 9.84. The van der Waals surface area contributed by atoms with Gasteiger partial charge in [-0.25, -0.2) is 0 Å². The van der Waals surface area contributed by atoms with Gasteiger partial charge in [0.05, 0.1) is 5.41 Å². The molecule has 6 heteroatoms. The van der Waals surface area contributed by atoms with Gasteiger partial charge in [-0.05, 0) is 26.7 Å². The molecule has 2 unspecified atom stereocenters. The van der Waals surface area contributed by atoms with Crippen molar-refractivity contribution in [3.63, 3.8) is 0 Å². The van der Waals surface area contributed by atoms with Crippen molar-refractivity contribution in [3.8, 4) is 0 Å². The highest BCUT2D eigenvalue weighted by Crippen LogP contribution is 2.51. The van der Waals surface area contributed by atoms with Gasteiger partial charge in [-0.1, -0.05) is 12.8 Å². The first kappa shape index (κ1) is 14.3. The van der Waals surface area contributed by atoms with Crippen LogP contribution in [0, 0.1) is 11.3 Å². The van der Waals surface area contributed by atoms with Gasteiger partial charge in [-0.3, -0.25) is 4.79 Å². The van der Waals surface area contributed by atoms with Gasteiger partial charge >= 0.3 is 12.1 Å². The molecule has 1 aliphatic carbocycles. The normalized spacial score (nSPS) is 31.3. The summed E-state index contributed by atoms with van der Waals surface area (Å²) in [6.45, 7) is 2.48. The molecule has 0 aromatic rings. The van der Waals surface area contributed by atoms with E-state index in [1.807, 2.05) is 0 Å². The van der Waals surface area contributed by atoms with Crippen LogP contribution in [0.3, 0.4) is 0 Å². The zero-order chi connectivity index (χ0) is 13.5. The lowest BCUT2D eigenvalue weighted by Crippen LogP contribution is -2.58. The number of carboxylic acid groups (broad SMARTS) is 1. The molecule has 0 spiro atoms. The molecule has 0 aromatic heterocycles. The van der Waals surface area contributed by atoms with Crippen LogP contribution < -0.4 is 0 Å². The second-order valence-electron chi connectivity index (χ2n) is 5.25. The third-order valence-electron chi connectivity index (χ3n) is 3.79. The Balaban J connectivity index is 3.15. The largest absolute Gasteiger partial charge is 0.481 e. The molecule has 17 heavy (non-hydrogen) atoms. The number of carbonyl (C=O) groups is 1. The van der Waals surface area contributed by atoms with Crippen LogP contribution in [0.2, 0.25) is 0 Å². The summed E-state index contributed by atoms with van der Waals surface area (Å²) in [6.07, 6.45) is -4.35. The Morgan fingerprint density at radius 2 is 1.82 bits per heavy atom. The molecule has 0 amide bonds. The third kappa shape index (κ3) is 2.27. The van der Waals surface area contributed by atoms with Gasteiger partial charge in [0.1, 0.15) is 0 Å². The fourth-order valence-corrected chi connectivity index (χ4v) is 2.60. The fourth-order valence-electron chi connectivity index (χ4n) is 2.60. The van der Waals surface area contributed by atoms with Gasteiger partial charge in [-0.2, -0.15) is 13.2 Å². The summed E-state index contributed by atoms with van der Waals surface area (Å²) in [5, 5.41) is 18.9. The van der Waals surface area contributed by atoms with E-state index in [0.717, 1.165) is 0 Å². The highest BCUT2D eigenvalue weighted by atomic mass is 19.4. The molecule has 0 aliphatic heterocycles. The van der Waals surface area contributed by atoms with Crippen LogP contribution in [-0.2, 0) is 4.79 Å². The molecular formula is C11H17F3O3. The Kier molecular flexibility index (Phi) is 3.49. The molecule has 2 N–H and O–H groups in total. The van der Waals surface area contributed by atoms with E-state index in [0.29, 0.717) is 6.42 Å². The molecule has 1 fully saturated rings. The Labute approximate surface area is 97.6 Å². The summed E-state index contributed by atoms with van der Waals surface area (Å²) in [6, 6.07) is 0. The van der Waals surface area contributed by atoms with Crippen molar-refractivity contribution in [2.75, 3.05) is 0 Å². The predicted molar refractivity (Wildman–Crippen MR) is 54.4 cm³/mol. The summed E-state index contributed by atoms with van der Waals surface area (Å²) in [4.78, 5) is 11.1. The lowest BCUT2D eigenvalue weighted by atomic mass is 9.62. The highest BCUT2D eigenvalue weighted by molar-refractivity contribution is 5.74. The predicted octanol–water partition coefficient (Wildman–Crippen LogP) is 2.58. The second-order valence-corrected chi connectivity index (χ2v) is 5.25. The average molecular weight is 254 g/mol. The zero-order valence-electron chi connectivity index (χ0n) is 9.84. The first-order valence-electron chi connectivity index (χ1n) is 5.56. The summed E-state index contributed by atoms with van der Waals surface area (Å²) in [7, 11) is 0. The summed E-state index contributed by atoms with van der Waals surface area (Å²) >= 11 is 0. The minimum Gasteiger partial charge on any atom is -0.481 e. The smallest absolute Gasteiger partial charge is 0.417 e. The van der Waals surface area contributed by atoms with Gasteiger partial charge in [0, 0.05) is 5.92 Å². The van der Waals surface area contributed by atoms with E-state index in [1.54, 1.807) is 0 Å². The number of hydrogen-bond donors (Lipinski definition) is 2. The van der Waals surface area contributed by atoms with E-state index in [2.05, 4.69) is 0 Å². The van der Waals surface area contributed by atoms with Crippen LogP contribution >= 0.6 is 0 Å². The second kappa shape index (κ2) is 4.15. The minimum absolute atomic E-state index is 0.0787. The number of hydrogen-bond acceptors (Lipinski definition) is 2. The van der Waals surface area contributed by atoms with Crippen molar-refractivity contribution in [3.05, 3.63) is 0 Å². The molecule has 0 aromatic carbocycles. The molecule has 3 nitrogen and oxygen atoms in total. The molecule has 0 heterocycles. The van der Waals surface area contributed by atoms with Crippen molar-refractivity contribution in [2.45, 2.75) is 51.3 Å². The number of halogens is 3. The van der Waals surface area contributed by atoms with E-state index in [4.69, 9.17) is 5.11 Å². The van der Waals surface area contributed by atoms with Gasteiger partial charge in [-0.15, -0.1) is 0 Å². The van der Waals surface area contributed by atoms with E-state index < -0.39 is 35.5 Å². The monoisotopic (exact) mass is 254 g/mol. The molecule has 1 saturated carbocycles. The summed E-state index contributed by atoms with van der Waals surface area (Å²) < 4.78 is 38.8. The lowest BCUT2D eigenvalue weighted by molar-refractivity contribution is -0.299. The van der Waals surface area contributed by atoms with Crippen molar-refractivity contribution in [1.82, 2.24) is 0 Å². The number of alkyl halides is 3. The van der Waals surface area contributed by atoms with E-state index >= 15 is 0 Å². The van der Waals surface area contributed by atoms with Gasteiger partial charge in [0.25, 0.3) is 0 Å². The Morgan fingerprint density at radius 1 is 1.29 bits per heavy atom. The Bertz CT molecular complexity index is 312. The van der Waals surface area contributed by atoms with E-state index in [1.165, 1.54) is 13.8 Å². The van der Waals surface area contributed by atoms with Crippen LogP contribution in [-0.4, -0.2) is 28.0 Å². The van der Waals surface area contributed by atoms with Crippen molar-refractivity contribution >= 4 is 5.97 Å². The molecule has 2 atom stereocenters. The molecule has 1 aliphatic rings. The number of carboxylic acids is 1. The Morgan fingerprint density at radius 3 is 2.24 bits per heavy atom. The molecular weight excluding hydrogens is 237 g/mol. The van der Waals surface area contributed by atoms with Crippen LogP contribution in [0.25, 0.3) is 0 Å². The van der Waals surface area contributed by atoms with Crippen LogP contribution in [0.5, 0.6) is 0 Å². The Hall–Kier alpha value is -0.780. The first-order chi connectivity index (χ1) is 7.53. The third-order valence-corrected chi connectivity index (χ3v) is 3.79. The lowest BCUT2D eigenvalue weighted by Gasteiger charge is -2.46. The van der Waals surface area contributed by atoms with Crippen molar-refractivity contribution < 1.29 is 28.2 Å². The number of aliphatic hydroxyl groups is 1. The topological polar surface area (TPSA) is 57.5 Å². The van der Waals surface area contributed by atoms with Crippen LogP contribution in [0.1, 0.15) is 39.5 Å². The molecule has 100 valence electrons. The van der Waals surface area contributed by atoms with E-state index in [-0.39, 0.29) is 12.8 Å². The molecule has 0 bridgehead atoms. The van der Waals surface area contributed by atoms with Crippen molar-refractivity contribution in [2.24, 2.45) is 11.3 Å². The molecule has 0 saturated heterocycles.